The zero-order valence-corrected chi connectivity index (χ0v) is 21.3. The van der Waals surface area contributed by atoms with Crippen LogP contribution in [0.15, 0.2) is 47.3 Å². The number of halogens is 4. The molecule has 4 rings (SSSR count). The molecule has 8 nitrogen and oxygen atoms in total. The Hall–Kier alpha value is -4.19. The lowest BCUT2D eigenvalue weighted by Crippen LogP contribution is -2.34. The summed E-state index contributed by atoms with van der Waals surface area (Å²) in [6, 6.07) is 4.87. The second kappa shape index (κ2) is 12.3. The molecule has 3 aromatic rings. The van der Waals surface area contributed by atoms with E-state index in [2.05, 4.69) is 0 Å². The molecule has 0 saturated heterocycles. The molecule has 1 heterocycles. The van der Waals surface area contributed by atoms with Crippen LogP contribution in [0.4, 0.5) is 23.4 Å². The van der Waals surface area contributed by atoms with Crippen LogP contribution in [0.1, 0.15) is 54.4 Å². The van der Waals surface area contributed by atoms with Crippen LogP contribution in [-0.4, -0.2) is 35.1 Å². The topological polar surface area (TPSA) is 127 Å². The van der Waals surface area contributed by atoms with Gasteiger partial charge in [0, 0.05) is 24.3 Å². The van der Waals surface area contributed by atoms with Crippen molar-refractivity contribution in [1.82, 2.24) is 4.57 Å². The van der Waals surface area contributed by atoms with Crippen molar-refractivity contribution in [1.29, 1.82) is 0 Å². The Kier molecular flexibility index (Phi) is 8.88. The van der Waals surface area contributed by atoms with Crippen LogP contribution < -0.4 is 21.8 Å². The number of rotatable bonds is 10. The monoisotopic (exact) mass is 561 g/mol. The van der Waals surface area contributed by atoms with Gasteiger partial charge in [-0.15, -0.1) is 0 Å². The molecule has 0 unspecified atom stereocenters. The Morgan fingerprint density at radius 1 is 0.950 bits per heavy atom. The fourth-order valence-corrected chi connectivity index (χ4v) is 4.50. The summed E-state index contributed by atoms with van der Waals surface area (Å²) < 4.78 is 68.7. The number of hydrogen-bond acceptors (Lipinski definition) is 7. The van der Waals surface area contributed by atoms with E-state index in [0.717, 1.165) is 62.1 Å². The molecule has 1 aromatic heterocycles. The van der Waals surface area contributed by atoms with Gasteiger partial charge in [-0.2, -0.15) is 0 Å². The molecule has 1 aliphatic rings. The number of carbonyl (C=O) groups excluding carboxylic acids is 2. The van der Waals surface area contributed by atoms with Crippen LogP contribution in [0.25, 0.3) is 5.69 Å². The summed E-state index contributed by atoms with van der Waals surface area (Å²) >= 11 is 0. The second-order valence-corrected chi connectivity index (χ2v) is 9.44. The zero-order valence-electron chi connectivity index (χ0n) is 21.3. The molecule has 4 N–H and O–H groups in total. The highest BCUT2D eigenvalue weighted by Crippen LogP contribution is 2.27. The van der Waals surface area contributed by atoms with Crippen molar-refractivity contribution in [2.24, 2.45) is 5.73 Å². The molecule has 0 spiro atoms. The number of nitrogens with two attached hydrogens (primary N) is 2. The van der Waals surface area contributed by atoms with Gasteiger partial charge in [-0.05, 0) is 56.7 Å². The summed E-state index contributed by atoms with van der Waals surface area (Å²) in [6.07, 6.45) is 4.07. The number of hydrogen-bond donors (Lipinski definition) is 2. The van der Waals surface area contributed by atoms with Gasteiger partial charge >= 0.3 is 5.97 Å². The standard InChI is InChI=1S/C28H27F4N3O5/c29-15-7-8-18(20(30)12-15)26(37)19-9-10-24(36)35(27(19)34)25-21(31)13-17(14-22(25)32)39-11-3-6-23(33)28(38)40-16-4-1-2-5-16/h7-10,12-14,16,23H,1-6,11,33-34H2/t23-/m0/s1. The fraction of sp³-hybridized carbons (Fsp3) is 0.321. The number of ether oxygens (including phenoxy) is 2. The van der Waals surface area contributed by atoms with E-state index in [4.69, 9.17) is 20.9 Å². The lowest BCUT2D eigenvalue weighted by molar-refractivity contribution is -0.150. The highest BCUT2D eigenvalue weighted by molar-refractivity contribution is 6.11. The molecule has 0 radical (unpaired) electrons. The highest BCUT2D eigenvalue weighted by atomic mass is 19.1. The average Bonchev–Trinajstić information content (AvgIpc) is 3.40. The number of ketones is 1. The molecule has 1 atom stereocenters. The van der Waals surface area contributed by atoms with E-state index in [1.165, 1.54) is 0 Å². The molecule has 40 heavy (non-hydrogen) atoms. The predicted molar refractivity (Wildman–Crippen MR) is 137 cm³/mol. The smallest absolute Gasteiger partial charge is 0.323 e. The fourth-order valence-electron chi connectivity index (χ4n) is 4.50. The van der Waals surface area contributed by atoms with Gasteiger partial charge in [0.2, 0.25) is 0 Å². The van der Waals surface area contributed by atoms with E-state index in [-0.39, 0.29) is 24.9 Å². The van der Waals surface area contributed by atoms with Crippen LogP contribution in [0.2, 0.25) is 0 Å². The van der Waals surface area contributed by atoms with Crippen LogP contribution >= 0.6 is 0 Å². The lowest BCUT2D eigenvalue weighted by Gasteiger charge is -2.17. The minimum absolute atomic E-state index is 0.0159. The Bertz CT molecular complexity index is 1460. The molecular weight excluding hydrogens is 534 g/mol. The van der Waals surface area contributed by atoms with Crippen LogP contribution in [0.5, 0.6) is 5.75 Å². The number of pyridine rings is 1. The minimum Gasteiger partial charge on any atom is -0.493 e. The first-order chi connectivity index (χ1) is 19.1. The SMILES string of the molecule is Nc1c(C(=O)c2ccc(F)cc2F)ccc(=O)n1-c1c(F)cc(OCCC[C@H](N)C(=O)OC2CCCC2)cc1F. The van der Waals surface area contributed by atoms with Gasteiger partial charge in [0.05, 0.1) is 17.7 Å². The Balaban J connectivity index is 1.47. The van der Waals surface area contributed by atoms with Crippen molar-refractivity contribution in [2.75, 3.05) is 12.3 Å². The summed E-state index contributed by atoms with van der Waals surface area (Å²) in [5.41, 5.74) is 9.00. The molecule has 0 amide bonds. The summed E-state index contributed by atoms with van der Waals surface area (Å²) in [7, 11) is 0. The molecule has 1 aliphatic carbocycles. The quantitative estimate of drug-likeness (QED) is 0.165. The van der Waals surface area contributed by atoms with Crippen molar-refractivity contribution < 1.29 is 36.6 Å². The molecule has 1 saturated carbocycles. The molecule has 1 fully saturated rings. The van der Waals surface area contributed by atoms with Gasteiger partial charge in [0.1, 0.15) is 41.0 Å². The number of carbonyl (C=O) groups is 2. The van der Waals surface area contributed by atoms with E-state index in [9.17, 15) is 23.2 Å². The zero-order chi connectivity index (χ0) is 29.0. The Morgan fingerprint density at radius 2 is 1.60 bits per heavy atom. The maximum absolute atomic E-state index is 15.1. The summed E-state index contributed by atoms with van der Waals surface area (Å²) in [5, 5.41) is 0. The van der Waals surface area contributed by atoms with E-state index in [1.807, 2.05) is 0 Å². The third-order valence-corrected chi connectivity index (χ3v) is 6.58. The third kappa shape index (κ3) is 6.33. The normalized spacial score (nSPS) is 14.2. The minimum atomic E-state index is -1.22. The van der Waals surface area contributed by atoms with Gasteiger partial charge in [-0.3, -0.25) is 19.0 Å². The number of nitrogen functional groups attached to an aromatic ring is 1. The van der Waals surface area contributed by atoms with Crippen molar-refractivity contribution in [3.63, 3.8) is 0 Å². The number of aromatic nitrogens is 1. The highest BCUT2D eigenvalue weighted by Gasteiger charge is 2.25. The molecule has 212 valence electrons. The largest absolute Gasteiger partial charge is 0.493 e. The first-order valence-corrected chi connectivity index (χ1v) is 12.7. The van der Waals surface area contributed by atoms with E-state index < -0.39 is 69.3 Å². The van der Waals surface area contributed by atoms with Crippen molar-refractivity contribution in [3.8, 4) is 11.4 Å². The van der Waals surface area contributed by atoms with E-state index >= 15 is 8.78 Å². The van der Waals surface area contributed by atoms with Crippen molar-refractivity contribution in [2.45, 2.75) is 50.7 Å². The maximum atomic E-state index is 15.1. The van der Waals surface area contributed by atoms with Crippen LogP contribution in [0.3, 0.4) is 0 Å². The van der Waals surface area contributed by atoms with Gasteiger partial charge in [-0.1, -0.05) is 0 Å². The average molecular weight is 562 g/mol. The summed E-state index contributed by atoms with van der Waals surface area (Å²) in [4.78, 5) is 37.4. The third-order valence-electron chi connectivity index (χ3n) is 6.58. The predicted octanol–water partition coefficient (Wildman–Crippen LogP) is 4.18. The number of anilines is 1. The summed E-state index contributed by atoms with van der Waals surface area (Å²) in [6.45, 7) is -0.0159. The van der Waals surface area contributed by atoms with Crippen molar-refractivity contribution >= 4 is 17.6 Å². The Labute approximate surface area is 226 Å². The van der Waals surface area contributed by atoms with E-state index in [1.54, 1.807) is 0 Å². The molecule has 0 bridgehead atoms. The first kappa shape index (κ1) is 28.8. The number of nitrogens with zero attached hydrogens (tertiary/aromatic N) is 1. The van der Waals surface area contributed by atoms with Crippen LogP contribution in [0, 0.1) is 23.3 Å². The number of benzene rings is 2. The summed E-state index contributed by atoms with van der Waals surface area (Å²) in [5.74, 6) is -6.90. The molecule has 2 aromatic carbocycles. The van der Waals surface area contributed by atoms with Gasteiger partial charge < -0.3 is 20.9 Å². The van der Waals surface area contributed by atoms with Gasteiger partial charge in [0.15, 0.2) is 17.4 Å². The van der Waals surface area contributed by atoms with Gasteiger partial charge in [-0.25, -0.2) is 17.6 Å². The molecular formula is C28H27F4N3O5. The molecule has 12 heteroatoms. The van der Waals surface area contributed by atoms with Gasteiger partial charge in [0.25, 0.3) is 5.56 Å². The Morgan fingerprint density at radius 3 is 2.25 bits per heavy atom. The van der Waals surface area contributed by atoms with E-state index in [0.29, 0.717) is 17.1 Å². The maximum Gasteiger partial charge on any atom is 0.323 e. The lowest BCUT2D eigenvalue weighted by atomic mass is 10.0. The van der Waals surface area contributed by atoms with Crippen molar-refractivity contribution in [3.05, 3.63) is 87.2 Å². The second-order valence-electron chi connectivity index (χ2n) is 9.44. The van der Waals surface area contributed by atoms with Crippen LogP contribution in [-0.2, 0) is 9.53 Å². The molecule has 0 aliphatic heterocycles. The number of esters is 1. The first-order valence-electron chi connectivity index (χ1n) is 12.7.